The van der Waals surface area contributed by atoms with Crippen molar-refractivity contribution < 1.29 is 14.7 Å². The molecule has 2 aromatic heterocycles. The second kappa shape index (κ2) is 8.05. The number of H-pyrrole nitrogens is 1. The van der Waals surface area contributed by atoms with Crippen LogP contribution < -0.4 is 16.6 Å². The van der Waals surface area contributed by atoms with Crippen LogP contribution >= 0.6 is 55.0 Å². The number of amides is 2. The number of fused-ring (bicyclic) bond motifs is 1. The molecular weight excluding hydrogens is 522 g/mol. The fraction of sp³-hybridized carbons (Fsp3) is 0.0625. The highest BCUT2D eigenvalue weighted by Gasteiger charge is 2.21. The van der Waals surface area contributed by atoms with E-state index in [2.05, 4.69) is 42.2 Å². The molecule has 3 aromatic rings. The van der Waals surface area contributed by atoms with E-state index in [1.165, 1.54) is 0 Å². The van der Waals surface area contributed by atoms with Gasteiger partial charge in [0.05, 0.1) is 31.4 Å². The second-order valence-corrected chi connectivity index (χ2v) is 9.35. The van der Waals surface area contributed by atoms with E-state index in [9.17, 15) is 19.5 Å². The van der Waals surface area contributed by atoms with Crippen molar-refractivity contribution in [2.45, 2.75) is 4.21 Å². The minimum Gasteiger partial charge on any atom is -0.506 e. The number of aromatic nitrogens is 1. The van der Waals surface area contributed by atoms with Gasteiger partial charge in [0.1, 0.15) is 5.75 Å². The number of carbonyl (C=O) groups is 2. The smallest absolute Gasteiger partial charge is 0.252 e. The predicted molar refractivity (Wildman–Crippen MR) is 114 cm³/mol. The van der Waals surface area contributed by atoms with Gasteiger partial charge in [-0.3, -0.25) is 14.4 Å². The summed E-state index contributed by atoms with van der Waals surface area (Å²) in [4.78, 5) is 38.2. The minimum atomic E-state index is -0.749. The van der Waals surface area contributed by atoms with Gasteiger partial charge in [-0.05, 0) is 34.1 Å². The van der Waals surface area contributed by atoms with Crippen LogP contribution in [0.2, 0.25) is 0 Å². The molecule has 0 saturated carbocycles. The predicted octanol–water partition coefficient (Wildman–Crippen LogP) is 3.65. The minimum absolute atomic E-state index is 0.0145. The van der Waals surface area contributed by atoms with Gasteiger partial charge in [0.2, 0.25) is 5.91 Å². The third kappa shape index (κ3) is 4.37. The van der Waals surface area contributed by atoms with E-state index in [1.807, 2.05) is 0 Å². The van der Waals surface area contributed by atoms with Gasteiger partial charge in [-0.2, -0.15) is 0 Å². The van der Waals surface area contributed by atoms with Crippen LogP contribution in [0.25, 0.3) is 10.2 Å². The normalized spacial score (nSPS) is 10.9. The van der Waals surface area contributed by atoms with E-state index in [4.69, 9.17) is 5.73 Å². The molecule has 0 aliphatic carbocycles. The topological polar surface area (TPSA) is 125 Å². The van der Waals surface area contributed by atoms with E-state index in [-0.39, 0.29) is 28.5 Å². The van der Waals surface area contributed by atoms with Crippen molar-refractivity contribution in [3.63, 3.8) is 0 Å². The van der Waals surface area contributed by atoms with Crippen LogP contribution in [-0.2, 0) is 4.79 Å². The Bertz CT molecular complexity index is 1130. The summed E-state index contributed by atoms with van der Waals surface area (Å²) in [5, 5.41) is 12.7. The molecule has 0 aliphatic rings. The molecule has 0 unspecified atom stereocenters. The molecule has 11 heteroatoms. The number of pyridine rings is 1. The highest BCUT2D eigenvalue weighted by molar-refractivity contribution is 9.11. The summed E-state index contributed by atoms with van der Waals surface area (Å²) in [5.41, 5.74) is 5.76. The van der Waals surface area contributed by atoms with E-state index in [0.29, 0.717) is 14.6 Å². The molecule has 2 amide bonds. The van der Waals surface area contributed by atoms with Crippen molar-refractivity contribution in [2.75, 3.05) is 11.1 Å². The molecule has 0 aliphatic heterocycles. The summed E-state index contributed by atoms with van der Waals surface area (Å²) in [6.45, 7) is 0. The Kier molecular flexibility index (Phi) is 5.94. The number of anilines is 1. The van der Waals surface area contributed by atoms with E-state index >= 15 is 0 Å². The van der Waals surface area contributed by atoms with Crippen LogP contribution in [0.3, 0.4) is 0 Å². The molecule has 0 spiro atoms. The zero-order valence-electron chi connectivity index (χ0n) is 13.3. The van der Waals surface area contributed by atoms with E-state index in [1.54, 1.807) is 18.2 Å². The van der Waals surface area contributed by atoms with Gasteiger partial charge < -0.3 is 21.1 Å². The second-order valence-electron chi connectivity index (χ2n) is 5.31. The highest BCUT2D eigenvalue weighted by atomic mass is 79.9. The first-order chi connectivity index (χ1) is 12.8. The Hall–Kier alpha value is -1.82. The van der Waals surface area contributed by atoms with Gasteiger partial charge in [0.25, 0.3) is 11.5 Å². The monoisotopic (exact) mass is 531 g/mol. The van der Waals surface area contributed by atoms with Crippen LogP contribution in [0.15, 0.2) is 42.2 Å². The zero-order valence-corrected chi connectivity index (χ0v) is 18.1. The molecule has 5 N–H and O–H groups in total. The molecule has 0 fully saturated rings. The number of rotatable bonds is 5. The quantitative estimate of drug-likeness (QED) is 0.373. The third-order valence-electron chi connectivity index (χ3n) is 3.41. The van der Waals surface area contributed by atoms with Gasteiger partial charge in [-0.25, -0.2) is 0 Å². The van der Waals surface area contributed by atoms with Crippen molar-refractivity contribution in [3.05, 3.63) is 49.1 Å². The number of aromatic hydroxyl groups is 1. The fourth-order valence-electron chi connectivity index (χ4n) is 2.29. The number of halogens is 2. The maximum Gasteiger partial charge on any atom is 0.252 e. The zero-order chi connectivity index (χ0) is 19.7. The number of thiophene rings is 1. The molecule has 0 saturated heterocycles. The number of aromatic amines is 1. The summed E-state index contributed by atoms with van der Waals surface area (Å²) in [6.07, 6.45) is 0. The summed E-state index contributed by atoms with van der Waals surface area (Å²) < 4.78 is 2.37. The van der Waals surface area contributed by atoms with Crippen LogP contribution in [-0.4, -0.2) is 27.7 Å². The molecule has 0 atom stereocenters. The number of carbonyl (C=O) groups excluding carboxylic acids is 2. The molecule has 0 bridgehead atoms. The first kappa shape index (κ1) is 19.9. The number of thioether (sulfide) groups is 1. The van der Waals surface area contributed by atoms with Crippen molar-refractivity contribution in [3.8, 4) is 5.75 Å². The molecule has 27 heavy (non-hydrogen) atoms. The number of nitrogens with one attached hydrogen (secondary N) is 2. The van der Waals surface area contributed by atoms with E-state index in [0.717, 1.165) is 38.1 Å². The van der Waals surface area contributed by atoms with Gasteiger partial charge >= 0.3 is 0 Å². The fourth-order valence-corrected chi connectivity index (χ4v) is 5.69. The van der Waals surface area contributed by atoms with Gasteiger partial charge in [-0.1, -0.05) is 15.9 Å². The summed E-state index contributed by atoms with van der Waals surface area (Å²) in [6, 6.07) is 6.37. The number of benzene rings is 1. The Morgan fingerprint density at radius 1 is 1.30 bits per heavy atom. The maximum absolute atomic E-state index is 12.3. The lowest BCUT2D eigenvalue weighted by Crippen LogP contribution is -2.16. The molecular formula is C16H11Br2N3O4S2. The lowest BCUT2D eigenvalue weighted by Gasteiger charge is -2.07. The first-order valence-electron chi connectivity index (χ1n) is 7.32. The lowest BCUT2D eigenvalue weighted by atomic mass is 10.2. The molecule has 2 heterocycles. The molecule has 7 nitrogen and oxygen atoms in total. The molecule has 0 radical (unpaired) electrons. The Labute approximate surface area is 177 Å². The Balaban J connectivity index is 1.83. The summed E-state index contributed by atoms with van der Waals surface area (Å²) >= 11 is 8.89. The Morgan fingerprint density at radius 2 is 2.04 bits per heavy atom. The van der Waals surface area contributed by atoms with Crippen LogP contribution in [0.4, 0.5) is 5.69 Å². The van der Waals surface area contributed by atoms with E-state index < -0.39 is 11.5 Å². The number of hydrogen-bond acceptors (Lipinski definition) is 6. The Morgan fingerprint density at radius 3 is 2.70 bits per heavy atom. The molecule has 3 rings (SSSR count). The average molecular weight is 533 g/mol. The lowest BCUT2D eigenvalue weighted by molar-refractivity contribution is -0.113. The average Bonchev–Trinajstić information content (AvgIpc) is 2.94. The standard InChI is InChI=1S/C16H11Br2N3O4S2/c17-6-1-2-8(7(18)3-6)20-11(24)5-26-16-12(15(19)25)13-14(27-16)9(22)4-10(23)21-13/h1-4H,5H2,(H2,19,25)(H,20,24)(H2,21,22,23). The highest BCUT2D eigenvalue weighted by Crippen LogP contribution is 2.40. The van der Waals surface area contributed by atoms with Crippen molar-refractivity contribution in [2.24, 2.45) is 5.73 Å². The largest absolute Gasteiger partial charge is 0.506 e. The first-order valence-corrected chi connectivity index (χ1v) is 10.7. The number of hydrogen-bond donors (Lipinski definition) is 4. The third-order valence-corrected chi connectivity index (χ3v) is 7.04. The SMILES string of the molecule is NC(=O)c1c(SCC(=O)Nc2ccc(Br)cc2Br)sc2c(O)cc(=O)[nH]c12. The van der Waals surface area contributed by atoms with Gasteiger partial charge in [0, 0.05) is 15.0 Å². The van der Waals surface area contributed by atoms with Crippen molar-refractivity contribution >= 4 is 82.7 Å². The molecule has 140 valence electrons. The number of nitrogens with two attached hydrogens (primary N) is 1. The van der Waals surface area contributed by atoms with Crippen LogP contribution in [0, 0.1) is 0 Å². The maximum atomic E-state index is 12.3. The van der Waals surface area contributed by atoms with Gasteiger partial charge in [-0.15, -0.1) is 23.1 Å². The summed E-state index contributed by atoms with van der Waals surface area (Å²) in [5.74, 6) is -1.26. The summed E-state index contributed by atoms with van der Waals surface area (Å²) in [7, 11) is 0. The van der Waals surface area contributed by atoms with Crippen LogP contribution in [0.5, 0.6) is 5.75 Å². The van der Waals surface area contributed by atoms with Crippen molar-refractivity contribution in [1.29, 1.82) is 0 Å². The van der Waals surface area contributed by atoms with Crippen LogP contribution in [0.1, 0.15) is 10.4 Å². The molecule has 1 aromatic carbocycles. The van der Waals surface area contributed by atoms with Gasteiger partial charge in [0.15, 0.2) is 0 Å². The van der Waals surface area contributed by atoms with Crippen molar-refractivity contribution in [1.82, 2.24) is 4.98 Å². The number of primary amides is 1.